The molecule has 0 N–H and O–H groups in total. The van der Waals surface area contributed by atoms with E-state index in [1.807, 2.05) is 25.1 Å². The number of halogens is 1. The van der Waals surface area contributed by atoms with Crippen LogP contribution in [0.5, 0.6) is 0 Å². The number of Topliss-reactive ketones (excluding diaryl/α,β-unsaturated/α-hetero) is 1. The van der Waals surface area contributed by atoms with Crippen molar-refractivity contribution < 1.29 is 4.79 Å². The number of hydrogen-bond donors (Lipinski definition) is 1. The second-order valence-corrected chi connectivity index (χ2v) is 3.87. The van der Waals surface area contributed by atoms with E-state index >= 15 is 0 Å². The highest BCUT2D eigenvalue weighted by Gasteiger charge is 2.15. The molecule has 0 amide bonds. The standard InChI is InChI=1S/C10H11ClOS/c1-6-4-3-5-8(10(6)13)9(11)7(2)12/h3-5,9,13H,1-2H3. The lowest BCUT2D eigenvalue weighted by molar-refractivity contribution is -0.116. The zero-order chi connectivity index (χ0) is 10.0. The maximum atomic E-state index is 11.0. The van der Waals surface area contributed by atoms with Crippen LogP contribution in [-0.2, 0) is 4.79 Å². The van der Waals surface area contributed by atoms with Crippen molar-refractivity contribution in [3.63, 3.8) is 0 Å². The molecule has 1 aromatic carbocycles. The highest BCUT2D eigenvalue weighted by Crippen LogP contribution is 2.29. The summed E-state index contributed by atoms with van der Waals surface area (Å²) in [7, 11) is 0. The molecule has 0 heterocycles. The summed E-state index contributed by atoms with van der Waals surface area (Å²) in [6, 6.07) is 5.65. The van der Waals surface area contributed by atoms with E-state index < -0.39 is 5.38 Å². The maximum Gasteiger partial charge on any atom is 0.152 e. The fourth-order valence-corrected chi connectivity index (χ4v) is 1.64. The van der Waals surface area contributed by atoms with Crippen LogP contribution in [0, 0.1) is 6.92 Å². The Bertz CT molecular complexity index is 336. The molecule has 70 valence electrons. The average molecular weight is 215 g/mol. The van der Waals surface area contributed by atoms with E-state index in [2.05, 4.69) is 12.6 Å². The molecule has 1 nitrogen and oxygen atoms in total. The van der Waals surface area contributed by atoms with Crippen molar-refractivity contribution in [1.29, 1.82) is 0 Å². The van der Waals surface area contributed by atoms with Gasteiger partial charge in [-0.05, 0) is 25.0 Å². The molecule has 0 aliphatic rings. The number of rotatable bonds is 2. The molecule has 3 heteroatoms. The van der Waals surface area contributed by atoms with Gasteiger partial charge in [0.2, 0.25) is 0 Å². The van der Waals surface area contributed by atoms with Crippen molar-refractivity contribution in [2.75, 3.05) is 0 Å². The second kappa shape index (κ2) is 4.16. The van der Waals surface area contributed by atoms with E-state index in [1.54, 1.807) is 0 Å². The zero-order valence-corrected chi connectivity index (χ0v) is 9.19. The Labute approximate surface area is 88.5 Å². The van der Waals surface area contributed by atoms with E-state index in [0.29, 0.717) is 0 Å². The number of aryl methyl sites for hydroxylation is 1. The summed E-state index contributed by atoms with van der Waals surface area (Å²) >= 11 is 10.2. The first-order chi connectivity index (χ1) is 6.04. The van der Waals surface area contributed by atoms with E-state index in [9.17, 15) is 4.79 Å². The first kappa shape index (κ1) is 10.6. The Morgan fingerprint density at radius 3 is 2.69 bits per heavy atom. The van der Waals surface area contributed by atoms with Crippen LogP contribution in [0.4, 0.5) is 0 Å². The van der Waals surface area contributed by atoms with Gasteiger partial charge >= 0.3 is 0 Å². The van der Waals surface area contributed by atoms with Crippen molar-refractivity contribution in [2.24, 2.45) is 0 Å². The summed E-state index contributed by atoms with van der Waals surface area (Å²) in [5.74, 6) is -0.0532. The first-order valence-electron chi connectivity index (χ1n) is 3.97. The lowest BCUT2D eigenvalue weighted by atomic mass is 10.1. The van der Waals surface area contributed by atoms with E-state index in [4.69, 9.17) is 11.6 Å². The van der Waals surface area contributed by atoms with Crippen molar-refractivity contribution >= 4 is 30.0 Å². The van der Waals surface area contributed by atoms with Gasteiger partial charge in [-0.2, -0.15) is 0 Å². The number of alkyl halides is 1. The number of carbonyl (C=O) groups is 1. The summed E-state index contributed by atoms with van der Waals surface area (Å²) in [5.41, 5.74) is 1.82. The molecule has 0 aromatic heterocycles. The zero-order valence-electron chi connectivity index (χ0n) is 7.54. The van der Waals surface area contributed by atoms with Gasteiger partial charge in [-0.15, -0.1) is 24.2 Å². The Kier molecular flexibility index (Phi) is 3.40. The van der Waals surface area contributed by atoms with Gasteiger partial charge in [-0.25, -0.2) is 0 Å². The van der Waals surface area contributed by atoms with Crippen LogP contribution >= 0.6 is 24.2 Å². The minimum atomic E-state index is -0.576. The Hall–Kier alpha value is -0.470. The molecule has 0 aliphatic heterocycles. The minimum Gasteiger partial charge on any atom is -0.298 e. The van der Waals surface area contributed by atoms with Crippen molar-refractivity contribution in [2.45, 2.75) is 24.1 Å². The van der Waals surface area contributed by atoms with Crippen LogP contribution in [0.15, 0.2) is 23.1 Å². The summed E-state index contributed by atoms with van der Waals surface area (Å²) in [4.78, 5) is 11.8. The van der Waals surface area contributed by atoms with Crippen molar-refractivity contribution in [1.82, 2.24) is 0 Å². The highest BCUT2D eigenvalue weighted by atomic mass is 35.5. The van der Waals surface area contributed by atoms with Gasteiger partial charge in [0.05, 0.1) is 0 Å². The summed E-state index contributed by atoms with van der Waals surface area (Å²) in [6.45, 7) is 3.42. The van der Waals surface area contributed by atoms with Crippen LogP contribution < -0.4 is 0 Å². The fraction of sp³-hybridized carbons (Fsp3) is 0.300. The maximum absolute atomic E-state index is 11.0. The van der Waals surface area contributed by atoms with Gasteiger partial charge in [0.25, 0.3) is 0 Å². The number of hydrogen-bond acceptors (Lipinski definition) is 2. The monoisotopic (exact) mass is 214 g/mol. The SMILES string of the molecule is CC(=O)C(Cl)c1cccc(C)c1S. The van der Waals surface area contributed by atoms with Gasteiger partial charge in [0, 0.05) is 4.90 Å². The number of benzene rings is 1. The van der Waals surface area contributed by atoms with E-state index in [1.165, 1.54) is 6.92 Å². The average Bonchev–Trinajstić information content (AvgIpc) is 2.08. The topological polar surface area (TPSA) is 17.1 Å². The molecule has 1 unspecified atom stereocenters. The van der Waals surface area contributed by atoms with Crippen LogP contribution in [-0.4, -0.2) is 5.78 Å². The van der Waals surface area contributed by atoms with Crippen molar-refractivity contribution in [3.05, 3.63) is 29.3 Å². The van der Waals surface area contributed by atoms with Gasteiger partial charge in [-0.1, -0.05) is 18.2 Å². The van der Waals surface area contributed by atoms with Crippen LogP contribution in [0.1, 0.15) is 23.4 Å². The Morgan fingerprint density at radius 1 is 1.54 bits per heavy atom. The third-order valence-electron chi connectivity index (χ3n) is 1.90. The van der Waals surface area contributed by atoms with Gasteiger partial charge in [0.1, 0.15) is 5.38 Å². The molecule has 0 aliphatic carbocycles. The molecule has 0 fully saturated rings. The third kappa shape index (κ3) is 2.26. The molecule has 1 atom stereocenters. The largest absolute Gasteiger partial charge is 0.298 e. The molecule has 0 radical (unpaired) electrons. The highest BCUT2D eigenvalue weighted by molar-refractivity contribution is 7.80. The molecule has 1 aromatic rings. The van der Waals surface area contributed by atoms with Crippen LogP contribution in [0.25, 0.3) is 0 Å². The summed E-state index contributed by atoms with van der Waals surface area (Å²) in [6.07, 6.45) is 0. The van der Waals surface area contributed by atoms with Gasteiger partial charge in [0.15, 0.2) is 5.78 Å². The summed E-state index contributed by atoms with van der Waals surface area (Å²) in [5, 5.41) is -0.576. The molecular formula is C10H11ClOS. The molecule has 0 saturated heterocycles. The lowest BCUT2D eigenvalue weighted by Gasteiger charge is -2.10. The molecule has 13 heavy (non-hydrogen) atoms. The summed E-state index contributed by atoms with van der Waals surface area (Å²) < 4.78 is 0. The predicted octanol–water partition coefficient (Wildman–Crippen LogP) is 3.15. The predicted molar refractivity (Wildman–Crippen MR) is 57.7 cm³/mol. The molecule has 0 spiro atoms. The van der Waals surface area contributed by atoms with Gasteiger partial charge in [-0.3, -0.25) is 4.79 Å². The van der Waals surface area contributed by atoms with E-state index in [0.717, 1.165) is 16.0 Å². The fourth-order valence-electron chi connectivity index (χ4n) is 1.11. The number of carbonyl (C=O) groups excluding carboxylic acids is 1. The van der Waals surface area contributed by atoms with Gasteiger partial charge < -0.3 is 0 Å². The second-order valence-electron chi connectivity index (χ2n) is 2.99. The molecular weight excluding hydrogens is 204 g/mol. The lowest BCUT2D eigenvalue weighted by Crippen LogP contribution is -2.03. The number of ketones is 1. The molecule has 0 saturated carbocycles. The first-order valence-corrected chi connectivity index (χ1v) is 4.85. The molecule has 1 rings (SSSR count). The van der Waals surface area contributed by atoms with E-state index in [-0.39, 0.29) is 5.78 Å². The smallest absolute Gasteiger partial charge is 0.152 e. The normalized spacial score (nSPS) is 12.6. The third-order valence-corrected chi connectivity index (χ3v) is 3.05. The minimum absolute atomic E-state index is 0.0532. The van der Waals surface area contributed by atoms with Crippen LogP contribution in [0.3, 0.4) is 0 Å². The quantitative estimate of drug-likeness (QED) is 0.591. The molecule has 0 bridgehead atoms. The number of thiol groups is 1. The Morgan fingerprint density at radius 2 is 2.15 bits per heavy atom. The van der Waals surface area contributed by atoms with Crippen molar-refractivity contribution in [3.8, 4) is 0 Å². The van der Waals surface area contributed by atoms with Crippen LogP contribution in [0.2, 0.25) is 0 Å². The Balaban J connectivity index is 3.15.